The maximum Gasteiger partial charge on any atom is 0.265 e. The number of rotatable bonds is 4. The SMILES string of the molecule is CCn1cc(NS(=O)(=O)c2cc(Cl)cc(N)c2F)cn1. The van der Waals surface area contributed by atoms with Gasteiger partial charge < -0.3 is 5.73 Å². The van der Waals surface area contributed by atoms with Gasteiger partial charge in [-0.2, -0.15) is 5.10 Å². The van der Waals surface area contributed by atoms with Crippen LogP contribution in [-0.2, 0) is 16.6 Å². The first-order valence-electron chi connectivity index (χ1n) is 5.63. The molecule has 108 valence electrons. The molecule has 0 bridgehead atoms. The van der Waals surface area contributed by atoms with E-state index >= 15 is 0 Å². The minimum absolute atomic E-state index is 0.0357. The summed E-state index contributed by atoms with van der Waals surface area (Å²) in [4.78, 5) is -0.605. The number of aromatic nitrogens is 2. The molecule has 0 fully saturated rings. The first kappa shape index (κ1) is 14.6. The summed E-state index contributed by atoms with van der Waals surface area (Å²) >= 11 is 5.70. The summed E-state index contributed by atoms with van der Waals surface area (Å²) in [5, 5.41) is 3.95. The minimum Gasteiger partial charge on any atom is -0.396 e. The Bertz CT molecular complexity index is 745. The molecule has 1 aromatic carbocycles. The van der Waals surface area contributed by atoms with E-state index in [9.17, 15) is 12.8 Å². The van der Waals surface area contributed by atoms with Crippen LogP contribution in [0.4, 0.5) is 15.8 Å². The van der Waals surface area contributed by atoms with Crippen molar-refractivity contribution >= 4 is 33.0 Å². The van der Waals surface area contributed by atoms with Gasteiger partial charge in [0.15, 0.2) is 5.82 Å². The van der Waals surface area contributed by atoms with E-state index in [2.05, 4.69) is 9.82 Å². The summed E-state index contributed by atoms with van der Waals surface area (Å²) in [5.41, 5.74) is 5.26. The van der Waals surface area contributed by atoms with Gasteiger partial charge in [0.2, 0.25) is 0 Å². The molecular weight excluding hydrogens is 307 g/mol. The molecule has 0 saturated heterocycles. The van der Waals surface area contributed by atoms with Gasteiger partial charge in [0.25, 0.3) is 10.0 Å². The molecule has 6 nitrogen and oxygen atoms in total. The van der Waals surface area contributed by atoms with E-state index in [1.165, 1.54) is 17.1 Å². The number of nitrogens with two attached hydrogens (primary N) is 1. The fraction of sp³-hybridized carbons (Fsp3) is 0.182. The molecule has 2 rings (SSSR count). The normalized spacial score (nSPS) is 11.6. The van der Waals surface area contributed by atoms with Crippen molar-refractivity contribution in [2.45, 2.75) is 18.4 Å². The van der Waals surface area contributed by atoms with Crippen LogP contribution in [-0.4, -0.2) is 18.2 Å². The van der Waals surface area contributed by atoms with Crippen LogP contribution >= 0.6 is 11.6 Å². The lowest BCUT2D eigenvalue weighted by atomic mass is 10.3. The van der Waals surface area contributed by atoms with Crippen molar-refractivity contribution in [1.29, 1.82) is 0 Å². The van der Waals surface area contributed by atoms with Gasteiger partial charge in [-0.15, -0.1) is 0 Å². The second-order valence-corrected chi connectivity index (χ2v) is 6.08. The van der Waals surface area contributed by atoms with Gasteiger partial charge in [0, 0.05) is 17.8 Å². The van der Waals surface area contributed by atoms with Crippen LogP contribution in [0.5, 0.6) is 0 Å². The van der Waals surface area contributed by atoms with E-state index in [1.807, 2.05) is 6.92 Å². The van der Waals surface area contributed by atoms with Crippen LogP contribution in [0.15, 0.2) is 29.4 Å². The molecule has 3 N–H and O–H groups in total. The van der Waals surface area contributed by atoms with Gasteiger partial charge in [-0.1, -0.05) is 11.6 Å². The number of nitrogen functional groups attached to an aromatic ring is 1. The molecule has 9 heteroatoms. The molecule has 1 heterocycles. The third kappa shape index (κ3) is 2.86. The van der Waals surface area contributed by atoms with Gasteiger partial charge in [0.05, 0.1) is 17.6 Å². The molecule has 0 atom stereocenters. The summed E-state index contributed by atoms with van der Waals surface area (Å²) in [6, 6.07) is 2.14. The van der Waals surface area contributed by atoms with Crippen molar-refractivity contribution < 1.29 is 12.8 Å². The van der Waals surface area contributed by atoms with Gasteiger partial charge in [0.1, 0.15) is 4.90 Å². The standard InChI is InChI=1S/C11H12ClFN4O2S/c1-2-17-6-8(5-15-17)16-20(18,19)10-4-7(12)3-9(14)11(10)13/h3-6,16H,2,14H2,1H3. The summed E-state index contributed by atoms with van der Waals surface area (Å²) in [6.07, 6.45) is 2.82. The van der Waals surface area contributed by atoms with Crippen molar-refractivity contribution in [3.8, 4) is 0 Å². The average Bonchev–Trinajstić information content (AvgIpc) is 2.80. The molecular formula is C11H12ClFN4O2S. The molecule has 0 radical (unpaired) electrons. The van der Waals surface area contributed by atoms with Crippen molar-refractivity contribution in [1.82, 2.24) is 9.78 Å². The Hall–Kier alpha value is -1.80. The van der Waals surface area contributed by atoms with E-state index < -0.39 is 20.7 Å². The third-order valence-electron chi connectivity index (χ3n) is 2.53. The van der Waals surface area contributed by atoms with Crippen LogP contribution in [0, 0.1) is 5.82 Å². The van der Waals surface area contributed by atoms with Crippen LogP contribution in [0.25, 0.3) is 0 Å². The first-order chi connectivity index (χ1) is 9.33. The monoisotopic (exact) mass is 318 g/mol. The molecule has 2 aromatic rings. The molecule has 0 aliphatic carbocycles. The zero-order chi connectivity index (χ0) is 14.9. The highest BCUT2D eigenvalue weighted by molar-refractivity contribution is 7.92. The van der Waals surface area contributed by atoms with Gasteiger partial charge >= 0.3 is 0 Å². The number of hydrogen-bond donors (Lipinski definition) is 2. The Kier molecular flexibility index (Phi) is 3.87. The van der Waals surface area contributed by atoms with Crippen LogP contribution in [0.1, 0.15) is 6.92 Å². The number of benzene rings is 1. The Balaban J connectivity index is 2.40. The number of hydrogen-bond acceptors (Lipinski definition) is 4. The lowest BCUT2D eigenvalue weighted by Crippen LogP contribution is -2.15. The summed E-state index contributed by atoms with van der Waals surface area (Å²) in [5.74, 6) is -1.04. The maximum atomic E-state index is 13.8. The second-order valence-electron chi connectivity index (χ2n) is 4.00. The topological polar surface area (TPSA) is 90.0 Å². The predicted octanol–water partition coefficient (Wildman–Crippen LogP) is 2.08. The lowest BCUT2D eigenvalue weighted by molar-refractivity contribution is 0.573. The van der Waals surface area contributed by atoms with Crippen molar-refractivity contribution in [3.63, 3.8) is 0 Å². The molecule has 20 heavy (non-hydrogen) atoms. The van der Waals surface area contributed by atoms with E-state index in [0.29, 0.717) is 6.54 Å². The number of sulfonamides is 1. The maximum absolute atomic E-state index is 13.8. The second kappa shape index (κ2) is 5.29. The van der Waals surface area contributed by atoms with Gasteiger partial charge in [-0.25, -0.2) is 12.8 Å². The molecule has 0 spiro atoms. The highest BCUT2D eigenvalue weighted by atomic mass is 35.5. The number of nitrogens with one attached hydrogen (secondary N) is 1. The molecule has 0 aliphatic rings. The Morgan fingerprint density at radius 3 is 2.80 bits per heavy atom. The van der Waals surface area contributed by atoms with E-state index in [1.54, 1.807) is 0 Å². The zero-order valence-corrected chi connectivity index (χ0v) is 12.0. The number of anilines is 2. The van der Waals surface area contributed by atoms with E-state index in [-0.39, 0.29) is 16.4 Å². The molecule has 0 aliphatic heterocycles. The summed E-state index contributed by atoms with van der Waals surface area (Å²) < 4.78 is 41.8. The number of nitrogens with zero attached hydrogens (tertiary/aromatic N) is 2. The Labute approximate surface area is 120 Å². The predicted molar refractivity (Wildman–Crippen MR) is 74.5 cm³/mol. The highest BCUT2D eigenvalue weighted by Crippen LogP contribution is 2.26. The largest absolute Gasteiger partial charge is 0.396 e. The fourth-order valence-electron chi connectivity index (χ4n) is 1.58. The summed E-state index contributed by atoms with van der Waals surface area (Å²) in [6.45, 7) is 2.43. The van der Waals surface area contributed by atoms with Crippen molar-refractivity contribution in [2.75, 3.05) is 10.5 Å². The zero-order valence-electron chi connectivity index (χ0n) is 10.5. The van der Waals surface area contributed by atoms with Crippen LogP contribution in [0.3, 0.4) is 0 Å². The fourth-order valence-corrected chi connectivity index (χ4v) is 3.03. The average molecular weight is 319 g/mol. The first-order valence-corrected chi connectivity index (χ1v) is 7.49. The van der Waals surface area contributed by atoms with E-state index in [0.717, 1.165) is 12.1 Å². The Morgan fingerprint density at radius 2 is 2.20 bits per heavy atom. The minimum atomic E-state index is -4.13. The molecule has 0 saturated carbocycles. The third-order valence-corrected chi connectivity index (χ3v) is 4.13. The van der Waals surface area contributed by atoms with Crippen molar-refractivity contribution in [3.05, 3.63) is 35.4 Å². The summed E-state index contributed by atoms with van der Waals surface area (Å²) in [7, 11) is -4.13. The van der Waals surface area contributed by atoms with Crippen LogP contribution < -0.4 is 10.5 Å². The number of halogens is 2. The smallest absolute Gasteiger partial charge is 0.265 e. The van der Waals surface area contributed by atoms with E-state index in [4.69, 9.17) is 17.3 Å². The van der Waals surface area contributed by atoms with Gasteiger partial charge in [-0.05, 0) is 19.1 Å². The lowest BCUT2D eigenvalue weighted by Gasteiger charge is -2.09. The number of aryl methyl sites for hydroxylation is 1. The Morgan fingerprint density at radius 1 is 1.50 bits per heavy atom. The molecule has 0 unspecified atom stereocenters. The molecule has 1 aromatic heterocycles. The van der Waals surface area contributed by atoms with Gasteiger partial charge in [-0.3, -0.25) is 9.40 Å². The quantitative estimate of drug-likeness (QED) is 0.844. The highest BCUT2D eigenvalue weighted by Gasteiger charge is 2.22. The van der Waals surface area contributed by atoms with Crippen LogP contribution in [0.2, 0.25) is 5.02 Å². The molecule has 0 amide bonds. The van der Waals surface area contributed by atoms with Crippen molar-refractivity contribution in [2.24, 2.45) is 0 Å².